The molecule has 0 fully saturated rings. The Morgan fingerprint density at radius 3 is 2.37 bits per heavy atom. The summed E-state index contributed by atoms with van der Waals surface area (Å²) < 4.78 is 33.0. The molecule has 0 aromatic heterocycles. The Labute approximate surface area is 179 Å². The van der Waals surface area contributed by atoms with Crippen molar-refractivity contribution >= 4 is 22.1 Å². The topological polar surface area (TPSA) is 63.7 Å². The second kappa shape index (κ2) is 8.36. The van der Waals surface area contributed by atoms with Crippen LogP contribution in [-0.4, -0.2) is 30.8 Å². The number of nitrogens with zero attached hydrogens (tertiary/aromatic N) is 1. The number of esters is 1. The van der Waals surface area contributed by atoms with Crippen LogP contribution in [0.3, 0.4) is 0 Å². The molecule has 0 unspecified atom stereocenters. The van der Waals surface area contributed by atoms with E-state index in [-0.39, 0.29) is 5.97 Å². The number of fused-ring (bicyclic) bond motifs is 1. The number of hydrogen-bond donors (Lipinski definition) is 0. The van der Waals surface area contributed by atoms with Gasteiger partial charge in [0.25, 0.3) is 0 Å². The molecule has 0 radical (unpaired) electrons. The molecule has 2 aromatic rings. The van der Waals surface area contributed by atoms with Gasteiger partial charge in [0.05, 0.1) is 4.90 Å². The normalized spacial score (nSPS) is 15.2. The molecule has 0 N–H and O–H groups in total. The SMILES string of the molecule is Cc1ccc(S(=O)(=O)N2CCc3c(ccc(C)c3/C=C/C(=O)OC(C)(C)C)C2)cc1. The predicted molar refractivity (Wildman–Crippen MR) is 119 cm³/mol. The molecular formula is C24H29NO4S. The van der Waals surface area contributed by atoms with Gasteiger partial charge in [0, 0.05) is 19.2 Å². The fraction of sp³-hybridized carbons (Fsp3) is 0.375. The van der Waals surface area contributed by atoms with Crippen LogP contribution in [0.1, 0.15) is 48.6 Å². The third-order valence-corrected chi connectivity index (χ3v) is 6.94. The number of sulfonamides is 1. The van der Waals surface area contributed by atoms with Crippen molar-refractivity contribution in [3.63, 3.8) is 0 Å². The van der Waals surface area contributed by atoms with Crippen molar-refractivity contribution in [2.75, 3.05) is 6.54 Å². The molecule has 0 amide bonds. The monoisotopic (exact) mass is 427 g/mol. The molecule has 0 aliphatic carbocycles. The van der Waals surface area contributed by atoms with Gasteiger partial charge >= 0.3 is 5.97 Å². The van der Waals surface area contributed by atoms with Gasteiger partial charge in [0.2, 0.25) is 10.0 Å². The minimum Gasteiger partial charge on any atom is -0.457 e. The predicted octanol–water partition coefficient (Wildman–Crippen LogP) is 4.41. The molecule has 0 bridgehead atoms. The highest BCUT2D eigenvalue weighted by atomic mass is 32.2. The van der Waals surface area contributed by atoms with Crippen molar-refractivity contribution in [3.05, 3.63) is 70.3 Å². The van der Waals surface area contributed by atoms with Gasteiger partial charge in [-0.3, -0.25) is 0 Å². The van der Waals surface area contributed by atoms with E-state index < -0.39 is 15.6 Å². The van der Waals surface area contributed by atoms with E-state index in [1.807, 2.05) is 58.9 Å². The van der Waals surface area contributed by atoms with Gasteiger partial charge in [-0.25, -0.2) is 13.2 Å². The molecule has 0 spiro atoms. The van der Waals surface area contributed by atoms with Gasteiger partial charge in [-0.15, -0.1) is 0 Å². The maximum Gasteiger partial charge on any atom is 0.331 e. The average molecular weight is 428 g/mol. The van der Waals surface area contributed by atoms with E-state index in [0.717, 1.165) is 27.8 Å². The fourth-order valence-corrected chi connectivity index (χ4v) is 4.98. The van der Waals surface area contributed by atoms with Crippen LogP contribution < -0.4 is 0 Å². The molecule has 160 valence electrons. The lowest BCUT2D eigenvalue weighted by molar-refractivity contribution is -0.148. The van der Waals surface area contributed by atoms with Gasteiger partial charge in [-0.2, -0.15) is 4.31 Å². The summed E-state index contributed by atoms with van der Waals surface area (Å²) in [7, 11) is -3.55. The quantitative estimate of drug-likeness (QED) is 0.536. The van der Waals surface area contributed by atoms with Crippen molar-refractivity contribution in [3.8, 4) is 0 Å². The highest BCUT2D eigenvalue weighted by Crippen LogP contribution is 2.29. The summed E-state index contributed by atoms with van der Waals surface area (Å²) in [5.41, 5.74) is 4.54. The van der Waals surface area contributed by atoms with Crippen molar-refractivity contribution in [1.82, 2.24) is 4.31 Å². The second-order valence-corrected chi connectivity index (χ2v) is 10.6. The van der Waals surface area contributed by atoms with Gasteiger partial charge in [-0.1, -0.05) is 29.8 Å². The molecule has 2 aromatic carbocycles. The molecule has 6 heteroatoms. The van der Waals surface area contributed by atoms with Crippen molar-refractivity contribution in [1.29, 1.82) is 0 Å². The summed E-state index contributed by atoms with van der Waals surface area (Å²) in [4.78, 5) is 12.4. The lowest BCUT2D eigenvalue weighted by Gasteiger charge is -2.29. The summed E-state index contributed by atoms with van der Waals surface area (Å²) in [6.07, 6.45) is 3.83. The van der Waals surface area contributed by atoms with Crippen LogP contribution in [0, 0.1) is 13.8 Å². The van der Waals surface area contributed by atoms with E-state index in [1.165, 1.54) is 10.4 Å². The molecule has 0 saturated heterocycles. The minimum absolute atomic E-state index is 0.314. The molecular weight excluding hydrogens is 398 g/mol. The third-order valence-electron chi connectivity index (χ3n) is 5.08. The minimum atomic E-state index is -3.55. The number of rotatable bonds is 4. The summed E-state index contributed by atoms with van der Waals surface area (Å²) >= 11 is 0. The maximum absolute atomic E-state index is 13.1. The van der Waals surface area contributed by atoms with E-state index in [0.29, 0.717) is 24.4 Å². The first-order valence-corrected chi connectivity index (χ1v) is 11.5. The van der Waals surface area contributed by atoms with Crippen molar-refractivity contribution in [2.24, 2.45) is 0 Å². The van der Waals surface area contributed by atoms with Gasteiger partial charge in [0.15, 0.2) is 0 Å². The molecule has 1 heterocycles. The molecule has 3 rings (SSSR count). The number of benzene rings is 2. The highest BCUT2D eigenvalue weighted by Gasteiger charge is 2.29. The lowest BCUT2D eigenvalue weighted by atomic mass is 9.92. The first-order valence-electron chi connectivity index (χ1n) is 10.1. The van der Waals surface area contributed by atoms with Crippen molar-refractivity contribution in [2.45, 2.75) is 58.1 Å². The fourth-order valence-electron chi connectivity index (χ4n) is 3.56. The summed E-state index contributed by atoms with van der Waals surface area (Å²) in [5, 5.41) is 0. The van der Waals surface area contributed by atoms with Crippen LogP contribution in [0.4, 0.5) is 0 Å². The van der Waals surface area contributed by atoms with Crippen LogP contribution in [0.25, 0.3) is 6.08 Å². The largest absolute Gasteiger partial charge is 0.457 e. The summed E-state index contributed by atoms with van der Waals surface area (Å²) in [6.45, 7) is 10.1. The number of ether oxygens (including phenoxy) is 1. The zero-order valence-corrected chi connectivity index (χ0v) is 19.0. The number of carbonyl (C=O) groups is 1. The summed E-state index contributed by atoms with van der Waals surface area (Å²) in [5.74, 6) is -0.390. The standard InChI is InChI=1S/C24H29NO4S/c1-17-6-10-20(11-7-17)30(27,28)25-15-14-22-19(16-25)9-8-18(2)21(22)12-13-23(26)29-24(3,4)5/h6-13H,14-16H2,1-5H3/b13-12+. The first kappa shape index (κ1) is 22.2. The molecule has 5 nitrogen and oxygen atoms in total. The Balaban J connectivity index is 1.86. The van der Waals surface area contributed by atoms with Crippen LogP contribution in [0.15, 0.2) is 47.4 Å². The molecule has 1 aliphatic heterocycles. The van der Waals surface area contributed by atoms with Gasteiger partial charge in [-0.05, 0) is 81.5 Å². The molecule has 1 aliphatic rings. The Morgan fingerprint density at radius 2 is 1.73 bits per heavy atom. The van der Waals surface area contributed by atoms with Gasteiger partial charge < -0.3 is 4.74 Å². The molecule has 30 heavy (non-hydrogen) atoms. The average Bonchev–Trinajstić information content (AvgIpc) is 2.65. The van der Waals surface area contributed by atoms with Crippen LogP contribution in [0.5, 0.6) is 0 Å². The van der Waals surface area contributed by atoms with E-state index in [1.54, 1.807) is 18.2 Å². The van der Waals surface area contributed by atoms with Crippen LogP contribution >= 0.6 is 0 Å². The Morgan fingerprint density at radius 1 is 1.07 bits per heavy atom. The van der Waals surface area contributed by atoms with E-state index in [2.05, 4.69) is 0 Å². The second-order valence-electron chi connectivity index (χ2n) is 8.70. The summed E-state index contributed by atoms with van der Waals surface area (Å²) in [6, 6.07) is 10.9. The van der Waals surface area contributed by atoms with Gasteiger partial charge in [0.1, 0.15) is 5.60 Å². The zero-order valence-electron chi connectivity index (χ0n) is 18.2. The lowest BCUT2D eigenvalue weighted by Crippen LogP contribution is -2.36. The Kier molecular flexibility index (Phi) is 6.20. The third kappa shape index (κ3) is 4.99. The highest BCUT2D eigenvalue weighted by molar-refractivity contribution is 7.89. The van der Waals surface area contributed by atoms with E-state index >= 15 is 0 Å². The smallest absolute Gasteiger partial charge is 0.331 e. The van der Waals surface area contributed by atoms with Crippen LogP contribution in [0.2, 0.25) is 0 Å². The Hall–Kier alpha value is -2.44. The van der Waals surface area contributed by atoms with E-state index in [9.17, 15) is 13.2 Å². The van der Waals surface area contributed by atoms with Crippen LogP contribution in [-0.2, 0) is 32.5 Å². The van der Waals surface area contributed by atoms with E-state index in [4.69, 9.17) is 4.74 Å². The number of hydrogen-bond acceptors (Lipinski definition) is 4. The first-order chi connectivity index (χ1) is 14.0. The molecule has 0 atom stereocenters. The zero-order chi connectivity index (χ0) is 22.1. The Bertz CT molecular complexity index is 1080. The maximum atomic E-state index is 13.1. The number of carbonyl (C=O) groups excluding carboxylic acids is 1. The van der Waals surface area contributed by atoms with Crippen molar-refractivity contribution < 1.29 is 17.9 Å². The molecule has 0 saturated carbocycles. The number of aryl methyl sites for hydroxylation is 2.